The number of nitrogens with zero attached hydrogens (tertiary/aromatic N) is 4. The number of aliphatic imine (C=N–C) groups is 1. The molecule has 174 valence electrons. The maximum atomic E-state index is 12.9. The Balaban J connectivity index is 1.38. The number of aryl methyl sites for hydroxylation is 1. The van der Waals surface area contributed by atoms with Crippen molar-refractivity contribution in [1.29, 1.82) is 0 Å². The molecule has 2 spiro atoms. The predicted molar refractivity (Wildman–Crippen MR) is 122 cm³/mol. The minimum Gasteiger partial charge on any atom is -0.423 e. The number of hydrogen-bond acceptors (Lipinski definition) is 7. The molecule has 8 nitrogen and oxygen atoms in total. The molecule has 0 radical (unpaired) electrons. The van der Waals surface area contributed by atoms with Gasteiger partial charge in [0.25, 0.3) is 0 Å². The second-order valence-electron chi connectivity index (χ2n) is 10.1. The lowest BCUT2D eigenvalue weighted by molar-refractivity contribution is -0.130. The van der Waals surface area contributed by atoms with Crippen LogP contribution in [0.15, 0.2) is 33.7 Å². The lowest BCUT2D eigenvalue weighted by Gasteiger charge is -2.53. The SMILES string of the molecule is Cc1nnc([C@@H]2CC[C@@H](N3C(C(N)=O)CC4(C=Nc5ccccc54)C34CCCCC4)CO2)o1. The van der Waals surface area contributed by atoms with Crippen molar-refractivity contribution in [2.45, 2.75) is 87.4 Å². The highest BCUT2D eigenvalue weighted by Gasteiger charge is 2.66. The lowest BCUT2D eigenvalue weighted by Crippen LogP contribution is -2.63. The van der Waals surface area contributed by atoms with E-state index in [4.69, 9.17) is 19.9 Å². The number of fused-ring (bicyclic) bond motifs is 3. The van der Waals surface area contributed by atoms with Crippen LogP contribution in [0.1, 0.15) is 74.8 Å². The molecular formula is C25H31N5O3. The van der Waals surface area contributed by atoms with E-state index >= 15 is 0 Å². The maximum Gasteiger partial charge on any atom is 0.245 e. The molecule has 1 aromatic carbocycles. The summed E-state index contributed by atoms with van der Waals surface area (Å²) in [5.74, 6) is 0.843. The zero-order chi connectivity index (χ0) is 22.6. The van der Waals surface area contributed by atoms with Gasteiger partial charge in [0.1, 0.15) is 6.10 Å². The van der Waals surface area contributed by atoms with Crippen molar-refractivity contribution in [3.8, 4) is 0 Å². The molecule has 1 aliphatic carbocycles. The number of rotatable bonds is 3. The third kappa shape index (κ3) is 3.03. The fourth-order valence-electron chi connectivity index (χ4n) is 7.14. The van der Waals surface area contributed by atoms with Crippen molar-refractivity contribution in [2.24, 2.45) is 10.7 Å². The molecule has 4 aliphatic rings. The fourth-order valence-corrected chi connectivity index (χ4v) is 7.14. The smallest absolute Gasteiger partial charge is 0.245 e. The Kier molecular flexibility index (Phi) is 4.92. The quantitative estimate of drug-likeness (QED) is 0.768. The van der Waals surface area contributed by atoms with Crippen molar-refractivity contribution >= 4 is 17.8 Å². The van der Waals surface area contributed by atoms with E-state index in [2.05, 4.69) is 39.5 Å². The van der Waals surface area contributed by atoms with Crippen LogP contribution < -0.4 is 5.73 Å². The third-order valence-corrected chi connectivity index (χ3v) is 8.46. The highest BCUT2D eigenvalue weighted by atomic mass is 16.5. The summed E-state index contributed by atoms with van der Waals surface area (Å²) in [4.78, 5) is 20.2. The Bertz CT molecular complexity index is 1080. The van der Waals surface area contributed by atoms with Crippen LogP contribution in [0.25, 0.3) is 0 Å². The van der Waals surface area contributed by atoms with Gasteiger partial charge < -0.3 is 14.9 Å². The molecule has 1 aromatic heterocycles. The number of ether oxygens (including phenoxy) is 1. The van der Waals surface area contributed by atoms with Crippen LogP contribution in [0.2, 0.25) is 0 Å². The van der Waals surface area contributed by atoms with Gasteiger partial charge in [0.05, 0.1) is 23.8 Å². The molecule has 4 heterocycles. The molecule has 2 N–H and O–H groups in total. The highest BCUT2D eigenvalue weighted by molar-refractivity contribution is 5.91. The molecule has 3 aliphatic heterocycles. The zero-order valence-electron chi connectivity index (χ0n) is 19.1. The minimum absolute atomic E-state index is 0.112. The number of primary amides is 1. The summed E-state index contributed by atoms with van der Waals surface area (Å²) in [6.07, 6.45) is 9.93. The highest BCUT2D eigenvalue weighted by Crippen LogP contribution is 2.60. The van der Waals surface area contributed by atoms with Gasteiger partial charge in [-0.3, -0.25) is 14.7 Å². The monoisotopic (exact) mass is 449 g/mol. The minimum atomic E-state index is -0.337. The zero-order valence-corrected chi connectivity index (χ0v) is 19.1. The van der Waals surface area contributed by atoms with Crippen LogP contribution >= 0.6 is 0 Å². The number of likely N-dealkylation sites (tertiary alicyclic amines) is 1. The number of amides is 1. The third-order valence-electron chi connectivity index (χ3n) is 8.46. The summed E-state index contributed by atoms with van der Waals surface area (Å²) in [6, 6.07) is 8.19. The maximum absolute atomic E-state index is 12.9. The first-order valence-electron chi connectivity index (χ1n) is 12.2. The summed E-state index contributed by atoms with van der Waals surface area (Å²) in [6.45, 7) is 2.31. The molecule has 0 bridgehead atoms. The van der Waals surface area contributed by atoms with E-state index in [1.54, 1.807) is 6.92 Å². The number of hydrogen-bond donors (Lipinski definition) is 1. The Morgan fingerprint density at radius 2 is 1.97 bits per heavy atom. The largest absolute Gasteiger partial charge is 0.423 e. The Labute approximate surface area is 193 Å². The van der Waals surface area contributed by atoms with Crippen molar-refractivity contribution in [3.05, 3.63) is 41.6 Å². The van der Waals surface area contributed by atoms with E-state index in [1.165, 1.54) is 12.0 Å². The van der Waals surface area contributed by atoms with Crippen LogP contribution in [0, 0.1) is 6.92 Å². The average molecular weight is 450 g/mol. The molecule has 3 fully saturated rings. The topological polar surface area (TPSA) is 107 Å². The molecule has 6 rings (SSSR count). The fraction of sp³-hybridized carbons (Fsp3) is 0.600. The van der Waals surface area contributed by atoms with Crippen LogP contribution in [0.5, 0.6) is 0 Å². The second kappa shape index (κ2) is 7.74. The van der Waals surface area contributed by atoms with Gasteiger partial charge in [-0.2, -0.15) is 0 Å². The predicted octanol–water partition coefficient (Wildman–Crippen LogP) is 3.51. The Hall–Kier alpha value is -2.58. The van der Waals surface area contributed by atoms with Crippen molar-refractivity contribution in [3.63, 3.8) is 0 Å². The number of nitrogens with two attached hydrogens (primary N) is 1. The molecule has 1 amide bonds. The van der Waals surface area contributed by atoms with Crippen LogP contribution in [0.3, 0.4) is 0 Å². The number of benzene rings is 1. The van der Waals surface area contributed by atoms with Crippen molar-refractivity contribution in [2.75, 3.05) is 6.61 Å². The number of aromatic nitrogens is 2. The first kappa shape index (κ1) is 21.0. The van der Waals surface area contributed by atoms with Gasteiger partial charge in [-0.25, -0.2) is 0 Å². The molecule has 1 saturated carbocycles. The van der Waals surface area contributed by atoms with Crippen molar-refractivity contribution in [1.82, 2.24) is 15.1 Å². The Morgan fingerprint density at radius 1 is 1.15 bits per heavy atom. The van der Waals surface area contributed by atoms with Gasteiger partial charge in [-0.05, 0) is 43.7 Å². The molecule has 4 atom stereocenters. The molecule has 2 saturated heterocycles. The van der Waals surface area contributed by atoms with Gasteiger partial charge in [-0.1, -0.05) is 37.5 Å². The summed E-state index contributed by atoms with van der Waals surface area (Å²) in [7, 11) is 0. The number of carbonyl (C=O) groups is 1. The molecule has 33 heavy (non-hydrogen) atoms. The normalized spacial score (nSPS) is 33.1. The van der Waals surface area contributed by atoms with E-state index in [9.17, 15) is 4.79 Å². The van der Waals surface area contributed by atoms with E-state index in [-0.39, 0.29) is 35.0 Å². The van der Waals surface area contributed by atoms with E-state index in [1.807, 2.05) is 6.07 Å². The van der Waals surface area contributed by atoms with E-state index in [0.717, 1.165) is 44.2 Å². The first-order valence-corrected chi connectivity index (χ1v) is 12.2. The summed E-state index contributed by atoms with van der Waals surface area (Å²) < 4.78 is 11.9. The average Bonchev–Trinajstić information content (AvgIpc) is 3.51. The van der Waals surface area contributed by atoms with E-state index in [0.29, 0.717) is 24.8 Å². The Morgan fingerprint density at radius 3 is 2.67 bits per heavy atom. The standard InChI is InChI=1S/C25H31N5O3/c1-16-28-29-23(33-16)21-10-9-17(14-32-21)30-20(22(26)31)13-24(25(30)11-5-2-6-12-25)15-27-19-8-4-3-7-18(19)24/h3-4,7-8,15,17,20-21H,2,5-6,9-14H2,1H3,(H2,26,31)/t17-,20?,21+,24?/m1/s1. The van der Waals surface area contributed by atoms with Gasteiger partial charge in [0.15, 0.2) is 0 Å². The summed E-state index contributed by atoms with van der Waals surface area (Å²) in [5.41, 5.74) is 7.89. The molecular weight excluding hydrogens is 418 g/mol. The molecule has 8 heteroatoms. The van der Waals surface area contributed by atoms with Gasteiger partial charge in [0.2, 0.25) is 17.7 Å². The van der Waals surface area contributed by atoms with E-state index < -0.39 is 0 Å². The van der Waals surface area contributed by atoms with Crippen LogP contribution in [0.4, 0.5) is 5.69 Å². The summed E-state index contributed by atoms with van der Waals surface area (Å²) >= 11 is 0. The summed E-state index contributed by atoms with van der Waals surface area (Å²) in [5, 5.41) is 8.10. The first-order chi connectivity index (χ1) is 16.0. The van der Waals surface area contributed by atoms with Crippen LogP contribution in [-0.2, 0) is 14.9 Å². The van der Waals surface area contributed by atoms with Gasteiger partial charge in [0, 0.05) is 24.7 Å². The van der Waals surface area contributed by atoms with Gasteiger partial charge >= 0.3 is 0 Å². The molecule has 2 unspecified atom stereocenters. The van der Waals surface area contributed by atoms with Crippen LogP contribution in [-0.4, -0.2) is 51.4 Å². The van der Waals surface area contributed by atoms with Gasteiger partial charge in [-0.15, -0.1) is 10.2 Å². The van der Waals surface area contributed by atoms with Crippen molar-refractivity contribution < 1.29 is 13.9 Å². The lowest BCUT2D eigenvalue weighted by atomic mass is 9.60. The molecule has 2 aromatic rings. The second-order valence-corrected chi connectivity index (χ2v) is 10.1. The number of carbonyl (C=O) groups excluding carboxylic acids is 1. The number of para-hydroxylation sites is 1.